The first-order valence-corrected chi connectivity index (χ1v) is 6.61. The summed E-state index contributed by atoms with van der Waals surface area (Å²) in [4.78, 5) is 12.1. The van der Waals surface area contributed by atoms with Gasteiger partial charge >= 0.3 is 0 Å². The quantitative estimate of drug-likeness (QED) is 0.748. The van der Waals surface area contributed by atoms with Crippen LogP contribution in [0, 0.1) is 5.82 Å². The zero-order valence-corrected chi connectivity index (χ0v) is 12.0. The summed E-state index contributed by atoms with van der Waals surface area (Å²) in [6.45, 7) is 5.91. The highest BCUT2D eigenvalue weighted by Gasteiger charge is 2.21. The molecular formula is C15H15FN4O. The van der Waals surface area contributed by atoms with Crippen LogP contribution < -0.4 is 5.56 Å². The van der Waals surface area contributed by atoms with Crippen molar-refractivity contribution in [2.75, 3.05) is 0 Å². The summed E-state index contributed by atoms with van der Waals surface area (Å²) in [6.07, 6.45) is 1.63. The molecule has 108 valence electrons. The maximum absolute atomic E-state index is 13.0. The van der Waals surface area contributed by atoms with Crippen LogP contribution in [0.1, 0.15) is 20.8 Å². The summed E-state index contributed by atoms with van der Waals surface area (Å²) >= 11 is 0. The van der Waals surface area contributed by atoms with E-state index in [1.807, 2.05) is 20.8 Å². The Morgan fingerprint density at radius 2 is 1.86 bits per heavy atom. The monoisotopic (exact) mass is 286 g/mol. The van der Waals surface area contributed by atoms with Gasteiger partial charge in [0.25, 0.3) is 5.56 Å². The first kappa shape index (κ1) is 13.5. The molecule has 1 aromatic carbocycles. The summed E-state index contributed by atoms with van der Waals surface area (Å²) < 4.78 is 14.7. The molecule has 0 unspecified atom stereocenters. The Balaban J connectivity index is 2.32. The van der Waals surface area contributed by atoms with E-state index in [1.165, 1.54) is 12.1 Å². The largest absolute Gasteiger partial charge is 0.290 e. The van der Waals surface area contributed by atoms with Gasteiger partial charge in [0.1, 0.15) is 17.0 Å². The number of hydrogen-bond donors (Lipinski definition) is 1. The lowest BCUT2D eigenvalue weighted by molar-refractivity contribution is 0.367. The molecule has 0 radical (unpaired) electrons. The minimum Gasteiger partial charge on any atom is -0.266 e. The van der Waals surface area contributed by atoms with Crippen molar-refractivity contribution in [3.8, 4) is 11.3 Å². The lowest BCUT2D eigenvalue weighted by Crippen LogP contribution is -2.26. The Kier molecular flexibility index (Phi) is 2.90. The van der Waals surface area contributed by atoms with E-state index < -0.39 is 0 Å². The van der Waals surface area contributed by atoms with Crippen LogP contribution in [0.25, 0.3) is 22.2 Å². The zero-order valence-electron chi connectivity index (χ0n) is 12.0. The molecule has 0 spiro atoms. The molecule has 0 saturated heterocycles. The van der Waals surface area contributed by atoms with Crippen LogP contribution in [-0.2, 0) is 5.54 Å². The van der Waals surface area contributed by atoms with E-state index in [0.717, 1.165) is 5.56 Å². The summed E-state index contributed by atoms with van der Waals surface area (Å²) in [5, 5.41) is 11.5. The van der Waals surface area contributed by atoms with E-state index in [9.17, 15) is 9.18 Å². The van der Waals surface area contributed by atoms with Gasteiger partial charge in [0.05, 0.1) is 17.1 Å². The molecule has 0 amide bonds. The van der Waals surface area contributed by atoms with Crippen molar-refractivity contribution in [2.24, 2.45) is 0 Å². The van der Waals surface area contributed by atoms with Crippen molar-refractivity contribution in [3.63, 3.8) is 0 Å². The molecule has 0 bridgehead atoms. The fraction of sp³-hybridized carbons (Fsp3) is 0.267. The predicted molar refractivity (Wildman–Crippen MR) is 78.5 cm³/mol. The van der Waals surface area contributed by atoms with E-state index in [4.69, 9.17) is 0 Å². The Morgan fingerprint density at radius 1 is 1.19 bits per heavy atom. The molecular weight excluding hydrogens is 271 g/mol. The SMILES string of the molecule is CC(C)(C)n1ncc2c(-c3ccc(F)cc3)n[nH]c(=O)c21. The van der Waals surface area contributed by atoms with Gasteiger partial charge in [-0.2, -0.15) is 10.2 Å². The molecule has 0 fully saturated rings. The van der Waals surface area contributed by atoms with Gasteiger partial charge in [-0.15, -0.1) is 0 Å². The van der Waals surface area contributed by atoms with Gasteiger partial charge in [0.15, 0.2) is 0 Å². The van der Waals surface area contributed by atoms with Crippen LogP contribution in [0.5, 0.6) is 0 Å². The Labute approximate surface area is 120 Å². The number of benzene rings is 1. The minimum absolute atomic E-state index is 0.289. The molecule has 5 nitrogen and oxygen atoms in total. The maximum Gasteiger partial charge on any atom is 0.290 e. The van der Waals surface area contributed by atoms with Crippen molar-refractivity contribution < 1.29 is 4.39 Å². The fourth-order valence-corrected chi connectivity index (χ4v) is 2.30. The highest BCUT2D eigenvalue weighted by atomic mass is 19.1. The van der Waals surface area contributed by atoms with E-state index in [0.29, 0.717) is 16.6 Å². The number of rotatable bonds is 1. The third-order valence-electron chi connectivity index (χ3n) is 3.26. The molecule has 0 aliphatic rings. The number of hydrogen-bond acceptors (Lipinski definition) is 3. The van der Waals surface area contributed by atoms with Crippen molar-refractivity contribution >= 4 is 10.9 Å². The normalized spacial score (nSPS) is 12.0. The zero-order chi connectivity index (χ0) is 15.2. The van der Waals surface area contributed by atoms with Crippen LogP contribution in [0.15, 0.2) is 35.3 Å². The smallest absolute Gasteiger partial charge is 0.266 e. The first-order chi connectivity index (χ1) is 9.88. The first-order valence-electron chi connectivity index (χ1n) is 6.61. The lowest BCUT2D eigenvalue weighted by atomic mass is 10.1. The number of nitrogens with one attached hydrogen (secondary N) is 1. The molecule has 21 heavy (non-hydrogen) atoms. The Hall–Kier alpha value is -2.50. The molecule has 3 rings (SSSR count). The van der Waals surface area contributed by atoms with Gasteiger partial charge in [0, 0.05) is 5.56 Å². The Morgan fingerprint density at radius 3 is 2.48 bits per heavy atom. The van der Waals surface area contributed by atoms with Gasteiger partial charge in [-0.25, -0.2) is 9.49 Å². The lowest BCUT2D eigenvalue weighted by Gasteiger charge is -2.19. The van der Waals surface area contributed by atoms with Crippen LogP contribution in [0.4, 0.5) is 4.39 Å². The number of fused-ring (bicyclic) bond motifs is 1. The second-order valence-corrected chi connectivity index (χ2v) is 5.90. The van der Waals surface area contributed by atoms with E-state index in [1.54, 1.807) is 23.0 Å². The second-order valence-electron chi connectivity index (χ2n) is 5.90. The van der Waals surface area contributed by atoms with Gasteiger partial charge < -0.3 is 0 Å². The fourth-order valence-electron chi connectivity index (χ4n) is 2.30. The van der Waals surface area contributed by atoms with Crippen LogP contribution in [-0.4, -0.2) is 20.0 Å². The van der Waals surface area contributed by atoms with Crippen molar-refractivity contribution in [1.82, 2.24) is 20.0 Å². The van der Waals surface area contributed by atoms with E-state index >= 15 is 0 Å². The number of H-pyrrole nitrogens is 1. The minimum atomic E-state index is -0.323. The molecule has 0 saturated carbocycles. The summed E-state index contributed by atoms with van der Waals surface area (Å²) in [5.41, 5.74) is 1.17. The second kappa shape index (κ2) is 4.51. The van der Waals surface area contributed by atoms with Gasteiger partial charge in [0.2, 0.25) is 0 Å². The Bertz CT molecular complexity index is 856. The van der Waals surface area contributed by atoms with Gasteiger partial charge in [-0.1, -0.05) is 0 Å². The highest BCUT2D eigenvalue weighted by molar-refractivity contribution is 5.91. The van der Waals surface area contributed by atoms with Crippen molar-refractivity contribution in [3.05, 3.63) is 46.6 Å². The van der Waals surface area contributed by atoms with Crippen molar-refractivity contribution in [2.45, 2.75) is 26.3 Å². The molecule has 0 aliphatic carbocycles. The molecule has 2 aromatic heterocycles. The maximum atomic E-state index is 13.0. The van der Waals surface area contributed by atoms with E-state index in [2.05, 4.69) is 15.3 Å². The standard InChI is InChI=1S/C15H15FN4O/c1-15(2,3)20-13-11(8-17-20)12(18-19-14(13)21)9-4-6-10(16)7-5-9/h4-8H,1-3H3,(H,19,21). The third-order valence-corrected chi connectivity index (χ3v) is 3.26. The van der Waals surface area contributed by atoms with Crippen molar-refractivity contribution in [1.29, 1.82) is 0 Å². The molecule has 2 heterocycles. The molecule has 3 aromatic rings. The molecule has 0 aliphatic heterocycles. The predicted octanol–water partition coefficient (Wildman–Crippen LogP) is 2.68. The summed E-state index contributed by atoms with van der Waals surface area (Å²) in [5.74, 6) is -0.315. The third kappa shape index (κ3) is 2.22. The van der Waals surface area contributed by atoms with Crippen LogP contribution in [0.3, 0.4) is 0 Å². The number of halogens is 1. The van der Waals surface area contributed by atoms with Crippen LogP contribution in [0.2, 0.25) is 0 Å². The summed E-state index contributed by atoms with van der Waals surface area (Å²) in [7, 11) is 0. The van der Waals surface area contributed by atoms with E-state index in [-0.39, 0.29) is 16.9 Å². The highest BCUT2D eigenvalue weighted by Crippen LogP contribution is 2.26. The molecule has 6 heteroatoms. The van der Waals surface area contributed by atoms with Crippen LogP contribution >= 0.6 is 0 Å². The summed E-state index contributed by atoms with van der Waals surface area (Å²) in [6, 6.07) is 5.98. The number of nitrogens with zero attached hydrogens (tertiary/aromatic N) is 3. The average Bonchev–Trinajstić information content (AvgIpc) is 2.86. The van der Waals surface area contributed by atoms with Gasteiger partial charge in [-0.3, -0.25) is 9.48 Å². The van der Waals surface area contributed by atoms with Gasteiger partial charge in [-0.05, 0) is 45.0 Å². The number of aromatic nitrogens is 4. The number of aromatic amines is 1. The average molecular weight is 286 g/mol. The molecule has 1 N–H and O–H groups in total. The topological polar surface area (TPSA) is 63.6 Å². The molecule has 0 atom stereocenters.